The Labute approximate surface area is 123 Å². The van der Waals surface area contributed by atoms with E-state index in [4.69, 9.17) is 11.2 Å². The topological polar surface area (TPSA) is 29.5 Å². The number of hydrogen-bond acceptors (Lipinski definition) is 3. The minimum absolute atomic E-state index is 0.169. The predicted octanol–water partition coefficient (Wildman–Crippen LogP) is 3.57. The van der Waals surface area contributed by atoms with Crippen molar-refractivity contribution in [3.05, 3.63) is 28.6 Å². The van der Waals surface area contributed by atoms with Crippen LogP contribution in [0.4, 0.5) is 0 Å². The van der Waals surface area contributed by atoms with Gasteiger partial charge in [0.15, 0.2) is 0 Å². The lowest BCUT2D eigenvalue weighted by Crippen LogP contribution is -2.27. The molecule has 1 aliphatic rings. The molecular formula is C17H18O2S. The predicted molar refractivity (Wildman–Crippen MR) is 83.4 cm³/mol. The van der Waals surface area contributed by atoms with Gasteiger partial charge in [-0.3, -0.25) is 0 Å². The second-order valence-corrected chi connectivity index (χ2v) is 6.49. The molecule has 1 N–H and O–H groups in total. The molecule has 0 amide bonds. The molecule has 2 nitrogen and oxygen atoms in total. The minimum atomic E-state index is -0.641. The Morgan fingerprint density at radius 1 is 1.50 bits per heavy atom. The average Bonchev–Trinajstić information content (AvgIpc) is 2.85. The maximum Gasteiger partial charge on any atom is 0.120 e. The summed E-state index contributed by atoms with van der Waals surface area (Å²) in [7, 11) is 1.69. The quantitative estimate of drug-likeness (QED) is 0.855. The maximum atomic E-state index is 9.98. The van der Waals surface area contributed by atoms with Crippen LogP contribution < -0.4 is 4.74 Å². The zero-order valence-electron chi connectivity index (χ0n) is 11.7. The summed E-state index contributed by atoms with van der Waals surface area (Å²) in [5.41, 5.74) is 1.43. The second kappa shape index (κ2) is 5.12. The molecule has 2 aromatic rings. The van der Waals surface area contributed by atoms with E-state index in [1.165, 1.54) is 20.5 Å². The number of hydrogen-bond donors (Lipinski definition) is 1. The molecule has 3 atom stereocenters. The standard InChI is InChI=1S/C17H18O2S/c1-4-15(18)12-7-8-14-13-6-5-11(19-3)9-16(13)20-17(14)10(12)2/h1,5-6,9-10,12,15,18H,7-8H2,2-3H3/t10-,12+,15-/m0/s1. The summed E-state index contributed by atoms with van der Waals surface area (Å²) in [4.78, 5) is 1.37. The Balaban J connectivity index is 2.07. The largest absolute Gasteiger partial charge is 0.497 e. The third kappa shape index (κ3) is 2.00. The first-order valence-electron chi connectivity index (χ1n) is 6.89. The molecule has 3 heteroatoms. The van der Waals surface area contributed by atoms with Crippen LogP contribution in [0.2, 0.25) is 0 Å². The van der Waals surface area contributed by atoms with E-state index in [0.717, 1.165) is 18.6 Å². The van der Waals surface area contributed by atoms with Gasteiger partial charge in [0.2, 0.25) is 0 Å². The van der Waals surface area contributed by atoms with E-state index in [0.29, 0.717) is 5.92 Å². The number of benzene rings is 1. The molecule has 0 spiro atoms. The van der Waals surface area contributed by atoms with Gasteiger partial charge in [0.1, 0.15) is 11.9 Å². The lowest BCUT2D eigenvalue weighted by Gasteiger charge is -2.30. The van der Waals surface area contributed by atoms with Crippen molar-refractivity contribution >= 4 is 21.4 Å². The number of rotatable bonds is 2. The van der Waals surface area contributed by atoms with E-state index >= 15 is 0 Å². The van der Waals surface area contributed by atoms with Crippen LogP contribution in [0.1, 0.15) is 29.7 Å². The number of aliphatic hydroxyl groups is 1. The Morgan fingerprint density at radius 2 is 2.30 bits per heavy atom. The van der Waals surface area contributed by atoms with Gasteiger partial charge in [-0.2, -0.15) is 0 Å². The van der Waals surface area contributed by atoms with Crippen LogP contribution in [-0.4, -0.2) is 18.3 Å². The van der Waals surface area contributed by atoms with Crippen LogP contribution in [0, 0.1) is 18.3 Å². The van der Waals surface area contributed by atoms with Crippen molar-refractivity contribution in [3.63, 3.8) is 0 Å². The molecule has 1 aromatic carbocycles. The van der Waals surface area contributed by atoms with E-state index in [9.17, 15) is 5.11 Å². The first kappa shape index (κ1) is 13.5. The maximum absolute atomic E-state index is 9.98. The Kier molecular flexibility index (Phi) is 3.45. The SMILES string of the molecule is C#C[C@H](O)[C@@H]1CCc2c(sc3cc(OC)ccc23)[C@H]1C. The van der Waals surface area contributed by atoms with Gasteiger partial charge in [-0.25, -0.2) is 0 Å². The van der Waals surface area contributed by atoms with Crippen LogP contribution in [0.5, 0.6) is 5.75 Å². The first-order valence-corrected chi connectivity index (χ1v) is 7.71. The number of ether oxygens (including phenoxy) is 1. The Hall–Kier alpha value is -1.50. The van der Waals surface area contributed by atoms with Gasteiger partial charge in [-0.1, -0.05) is 12.8 Å². The van der Waals surface area contributed by atoms with Crippen LogP contribution in [0.25, 0.3) is 10.1 Å². The molecule has 0 saturated heterocycles. The van der Waals surface area contributed by atoms with Gasteiger partial charge in [0, 0.05) is 15.5 Å². The number of aliphatic hydroxyl groups excluding tert-OH is 1. The van der Waals surface area contributed by atoms with Crippen molar-refractivity contribution in [2.75, 3.05) is 7.11 Å². The third-order valence-corrected chi connectivity index (χ3v) is 5.79. The molecule has 1 aromatic heterocycles. The molecule has 20 heavy (non-hydrogen) atoms. The zero-order chi connectivity index (χ0) is 14.3. The summed E-state index contributed by atoms with van der Waals surface area (Å²) >= 11 is 1.81. The summed E-state index contributed by atoms with van der Waals surface area (Å²) in [6.45, 7) is 2.18. The Bertz CT molecular complexity index is 680. The smallest absolute Gasteiger partial charge is 0.120 e. The lowest BCUT2D eigenvalue weighted by atomic mass is 9.77. The van der Waals surface area contributed by atoms with Crippen molar-refractivity contribution in [3.8, 4) is 18.1 Å². The second-order valence-electron chi connectivity index (χ2n) is 5.41. The van der Waals surface area contributed by atoms with Crippen LogP contribution in [0.15, 0.2) is 18.2 Å². The van der Waals surface area contributed by atoms with Crippen LogP contribution in [-0.2, 0) is 6.42 Å². The van der Waals surface area contributed by atoms with Gasteiger partial charge >= 0.3 is 0 Å². The molecule has 0 fully saturated rings. The molecular weight excluding hydrogens is 268 g/mol. The van der Waals surface area contributed by atoms with Gasteiger partial charge in [-0.05, 0) is 47.9 Å². The molecule has 3 rings (SSSR count). The number of aryl methyl sites for hydroxylation is 1. The van der Waals surface area contributed by atoms with Gasteiger partial charge in [0.25, 0.3) is 0 Å². The molecule has 104 valence electrons. The fourth-order valence-corrected chi connectivity index (χ4v) is 4.62. The van der Waals surface area contributed by atoms with E-state index < -0.39 is 6.10 Å². The van der Waals surface area contributed by atoms with Crippen molar-refractivity contribution in [2.45, 2.75) is 31.8 Å². The summed E-state index contributed by atoms with van der Waals surface area (Å²) < 4.78 is 6.56. The highest BCUT2D eigenvalue weighted by Crippen LogP contribution is 2.46. The lowest BCUT2D eigenvalue weighted by molar-refractivity contribution is 0.136. The van der Waals surface area contributed by atoms with Crippen LogP contribution in [0.3, 0.4) is 0 Å². The fourth-order valence-electron chi connectivity index (χ4n) is 3.21. The molecule has 0 saturated carbocycles. The number of methoxy groups -OCH3 is 1. The number of terminal acetylenes is 1. The highest BCUT2D eigenvalue weighted by atomic mass is 32.1. The Morgan fingerprint density at radius 3 is 3.00 bits per heavy atom. The molecule has 0 unspecified atom stereocenters. The van der Waals surface area contributed by atoms with E-state index in [1.807, 2.05) is 17.4 Å². The van der Waals surface area contributed by atoms with Crippen molar-refractivity contribution in [1.82, 2.24) is 0 Å². The number of thiophene rings is 1. The zero-order valence-corrected chi connectivity index (χ0v) is 12.5. The highest BCUT2D eigenvalue weighted by molar-refractivity contribution is 7.19. The van der Waals surface area contributed by atoms with E-state index in [1.54, 1.807) is 7.11 Å². The summed E-state index contributed by atoms with van der Waals surface area (Å²) in [6, 6.07) is 6.26. The average molecular weight is 286 g/mol. The summed E-state index contributed by atoms with van der Waals surface area (Å²) in [5.74, 6) is 3.86. The van der Waals surface area contributed by atoms with Gasteiger partial charge in [0.05, 0.1) is 7.11 Å². The molecule has 1 aliphatic carbocycles. The van der Waals surface area contributed by atoms with Gasteiger partial charge in [-0.15, -0.1) is 17.8 Å². The molecule has 0 radical (unpaired) electrons. The fraction of sp³-hybridized carbons (Fsp3) is 0.412. The summed E-state index contributed by atoms with van der Waals surface area (Å²) in [5, 5.41) is 11.3. The summed E-state index contributed by atoms with van der Waals surface area (Å²) in [6.07, 6.45) is 6.70. The van der Waals surface area contributed by atoms with E-state index in [2.05, 4.69) is 25.0 Å². The van der Waals surface area contributed by atoms with Crippen molar-refractivity contribution in [1.29, 1.82) is 0 Å². The minimum Gasteiger partial charge on any atom is -0.497 e. The highest BCUT2D eigenvalue weighted by Gasteiger charge is 2.33. The van der Waals surface area contributed by atoms with Crippen molar-refractivity contribution < 1.29 is 9.84 Å². The van der Waals surface area contributed by atoms with Crippen LogP contribution >= 0.6 is 11.3 Å². The normalized spacial score (nSPS) is 23.1. The van der Waals surface area contributed by atoms with Gasteiger partial charge < -0.3 is 9.84 Å². The van der Waals surface area contributed by atoms with E-state index in [-0.39, 0.29) is 5.92 Å². The van der Waals surface area contributed by atoms with Crippen molar-refractivity contribution in [2.24, 2.45) is 5.92 Å². The first-order chi connectivity index (χ1) is 9.65. The molecule has 1 heterocycles. The molecule has 0 bridgehead atoms. The monoisotopic (exact) mass is 286 g/mol. The number of fused-ring (bicyclic) bond motifs is 3. The molecule has 0 aliphatic heterocycles. The third-order valence-electron chi connectivity index (χ3n) is 4.39.